The van der Waals surface area contributed by atoms with Crippen LogP contribution in [0.2, 0.25) is 5.02 Å². The number of nitrogens with one attached hydrogen (secondary N) is 2. The molecule has 3 rings (SSSR count). The molecule has 2 aromatic carbocycles. The molecule has 1 aromatic heterocycles. The molecular formula is C19H14ClN3O2. The predicted molar refractivity (Wildman–Crippen MR) is 98.0 cm³/mol. The zero-order valence-corrected chi connectivity index (χ0v) is 13.8. The molecule has 0 spiro atoms. The topological polar surface area (TPSA) is 71.1 Å². The number of hydrogen-bond donors (Lipinski definition) is 2. The number of anilines is 2. The number of carbonyl (C=O) groups is 2. The molecule has 0 unspecified atom stereocenters. The summed E-state index contributed by atoms with van der Waals surface area (Å²) in [6.45, 7) is 0. The van der Waals surface area contributed by atoms with Crippen LogP contribution in [0.15, 0.2) is 73.1 Å². The van der Waals surface area contributed by atoms with E-state index < -0.39 is 0 Å². The third-order valence-corrected chi connectivity index (χ3v) is 3.70. The Labute approximate surface area is 149 Å². The molecule has 124 valence electrons. The average molecular weight is 352 g/mol. The smallest absolute Gasteiger partial charge is 0.255 e. The molecule has 0 aliphatic rings. The first-order chi connectivity index (χ1) is 12.1. The van der Waals surface area contributed by atoms with Gasteiger partial charge in [0.25, 0.3) is 11.8 Å². The van der Waals surface area contributed by atoms with E-state index >= 15 is 0 Å². The Morgan fingerprint density at radius 2 is 1.12 bits per heavy atom. The van der Waals surface area contributed by atoms with Crippen molar-refractivity contribution in [2.24, 2.45) is 0 Å². The normalized spacial score (nSPS) is 10.1. The van der Waals surface area contributed by atoms with Crippen molar-refractivity contribution in [1.82, 2.24) is 4.98 Å². The van der Waals surface area contributed by atoms with Crippen molar-refractivity contribution < 1.29 is 9.59 Å². The zero-order chi connectivity index (χ0) is 17.6. The van der Waals surface area contributed by atoms with Crippen molar-refractivity contribution in [3.8, 4) is 0 Å². The van der Waals surface area contributed by atoms with Gasteiger partial charge in [0.15, 0.2) is 0 Å². The van der Waals surface area contributed by atoms with Crippen LogP contribution in [0.5, 0.6) is 0 Å². The number of carbonyl (C=O) groups excluding carboxylic acids is 2. The molecule has 0 fully saturated rings. The fourth-order valence-corrected chi connectivity index (χ4v) is 2.27. The van der Waals surface area contributed by atoms with Crippen LogP contribution in [0.1, 0.15) is 20.7 Å². The zero-order valence-electron chi connectivity index (χ0n) is 13.1. The van der Waals surface area contributed by atoms with Crippen molar-refractivity contribution in [2.75, 3.05) is 10.6 Å². The van der Waals surface area contributed by atoms with Gasteiger partial charge in [0, 0.05) is 39.9 Å². The Morgan fingerprint density at radius 3 is 1.64 bits per heavy atom. The molecule has 2 amide bonds. The van der Waals surface area contributed by atoms with Crippen LogP contribution in [0.4, 0.5) is 11.4 Å². The van der Waals surface area contributed by atoms with Crippen molar-refractivity contribution in [1.29, 1.82) is 0 Å². The molecule has 5 nitrogen and oxygen atoms in total. The Kier molecular flexibility index (Phi) is 5.06. The molecule has 0 aliphatic carbocycles. The molecule has 3 aromatic rings. The lowest BCUT2D eigenvalue weighted by molar-refractivity contribution is 0.102. The maximum atomic E-state index is 12.2. The van der Waals surface area contributed by atoms with E-state index in [1.165, 1.54) is 0 Å². The molecular weight excluding hydrogens is 338 g/mol. The Morgan fingerprint density at radius 1 is 0.680 bits per heavy atom. The summed E-state index contributed by atoms with van der Waals surface area (Å²) in [6.07, 6.45) is 3.20. The molecule has 0 bridgehead atoms. The lowest BCUT2D eigenvalue weighted by atomic mass is 10.1. The first kappa shape index (κ1) is 16.7. The third kappa shape index (κ3) is 4.43. The summed E-state index contributed by atoms with van der Waals surface area (Å²) in [5.74, 6) is -0.479. The van der Waals surface area contributed by atoms with Gasteiger partial charge in [0.1, 0.15) is 0 Å². The molecule has 0 atom stereocenters. The quantitative estimate of drug-likeness (QED) is 0.738. The SMILES string of the molecule is O=C(Nc1ccc(C(=O)Nc2ccncc2)cc1)c1ccc(Cl)cc1. The maximum absolute atomic E-state index is 12.2. The minimum atomic E-state index is -0.245. The van der Waals surface area contributed by atoms with E-state index in [1.807, 2.05) is 0 Å². The summed E-state index contributed by atoms with van der Waals surface area (Å²) < 4.78 is 0. The Balaban J connectivity index is 1.64. The molecule has 6 heteroatoms. The first-order valence-electron chi connectivity index (χ1n) is 7.50. The Hall–Kier alpha value is -3.18. The fraction of sp³-hybridized carbons (Fsp3) is 0. The summed E-state index contributed by atoms with van der Waals surface area (Å²) in [7, 11) is 0. The molecule has 0 saturated carbocycles. The van der Waals surface area contributed by atoms with Gasteiger partial charge in [-0.05, 0) is 60.7 Å². The van der Waals surface area contributed by atoms with E-state index in [-0.39, 0.29) is 11.8 Å². The minimum absolute atomic E-state index is 0.234. The van der Waals surface area contributed by atoms with E-state index in [4.69, 9.17) is 11.6 Å². The molecule has 0 aliphatic heterocycles. The number of nitrogens with zero attached hydrogens (tertiary/aromatic N) is 1. The van der Waals surface area contributed by atoms with Crippen LogP contribution in [0, 0.1) is 0 Å². The lowest BCUT2D eigenvalue weighted by Gasteiger charge is -2.08. The van der Waals surface area contributed by atoms with Gasteiger partial charge in [-0.2, -0.15) is 0 Å². The standard InChI is InChI=1S/C19H14ClN3O2/c20-15-5-1-13(2-6-15)18(24)22-16-7-3-14(4-8-16)19(25)23-17-9-11-21-12-10-17/h1-12H,(H,22,24)(H,21,23,25). The molecule has 0 radical (unpaired) electrons. The highest BCUT2D eigenvalue weighted by atomic mass is 35.5. The molecule has 1 heterocycles. The van der Waals surface area contributed by atoms with Crippen LogP contribution in [-0.4, -0.2) is 16.8 Å². The number of halogens is 1. The lowest BCUT2D eigenvalue weighted by Crippen LogP contribution is -2.13. The van der Waals surface area contributed by atoms with Gasteiger partial charge in [0.05, 0.1) is 0 Å². The van der Waals surface area contributed by atoms with E-state index in [0.29, 0.717) is 27.5 Å². The summed E-state index contributed by atoms with van der Waals surface area (Å²) in [6, 6.07) is 16.7. The molecule has 0 saturated heterocycles. The highest BCUT2D eigenvalue weighted by molar-refractivity contribution is 6.30. The van der Waals surface area contributed by atoms with Crippen LogP contribution in [-0.2, 0) is 0 Å². The van der Waals surface area contributed by atoms with Gasteiger partial charge >= 0.3 is 0 Å². The number of hydrogen-bond acceptors (Lipinski definition) is 3. The highest BCUT2D eigenvalue weighted by Crippen LogP contribution is 2.15. The summed E-state index contributed by atoms with van der Waals surface area (Å²) in [5, 5.41) is 6.11. The van der Waals surface area contributed by atoms with Crippen molar-refractivity contribution in [3.05, 3.63) is 89.2 Å². The summed E-state index contributed by atoms with van der Waals surface area (Å²) in [5.41, 5.74) is 2.26. The fourth-order valence-electron chi connectivity index (χ4n) is 2.15. The van der Waals surface area contributed by atoms with Crippen molar-refractivity contribution in [3.63, 3.8) is 0 Å². The van der Waals surface area contributed by atoms with E-state index in [1.54, 1.807) is 73.1 Å². The summed E-state index contributed by atoms with van der Waals surface area (Å²) in [4.78, 5) is 28.2. The van der Waals surface area contributed by atoms with Crippen molar-refractivity contribution in [2.45, 2.75) is 0 Å². The van der Waals surface area contributed by atoms with E-state index in [0.717, 1.165) is 0 Å². The second kappa shape index (κ2) is 7.59. The minimum Gasteiger partial charge on any atom is -0.322 e. The second-order valence-corrected chi connectivity index (χ2v) is 5.66. The predicted octanol–water partition coefficient (Wildman–Crippen LogP) is 4.24. The maximum Gasteiger partial charge on any atom is 0.255 e. The van der Waals surface area contributed by atoms with Gasteiger partial charge in [-0.3, -0.25) is 14.6 Å². The highest BCUT2D eigenvalue weighted by Gasteiger charge is 2.08. The molecule has 25 heavy (non-hydrogen) atoms. The number of rotatable bonds is 4. The largest absolute Gasteiger partial charge is 0.322 e. The summed E-state index contributed by atoms with van der Waals surface area (Å²) >= 11 is 5.81. The van der Waals surface area contributed by atoms with E-state index in [2.05, 4.69) is 15.6 Å². The van der Waals surface area contributed by atoms with Crippen LogP contribution in [0.25, 0.3) is 0 Å². The van der Waals surface area contributed by atoms with Crippen molar-refractivity contribution >= 4 is 34.8 Å². The van der Waals surface area contributed by atoms with Gasteiger partial charge in [-0.1, -0.05) is 11.6 Å². The number of pyridine rings is 1. The first-order valence-corrected chi connectivity index (χ1v) is 7.88. The second-order valence-electron chi connectivity index (χ2n) is 5.23. The van der Waals surface area contributed by atoms with Crippen LogP contribution >= 0.6 is 11.6 Å². The Bertz CT molecular complexity index is 879. The van der Waals surface area contributed by atoms with E-state index in [9.17, 15) is 9.59 Å². The average Bonchev–Trinajstić information content (AvgIpc) is 2.63. The van der Waals surface area contributed by atoms with Gasteiger partial charge in [-0.15, -0.1) is 0 Å². The van der Waals surface area contributed by atoms with Gasteiger partial charge < -0.3 is 10.6 Å². The van der Waals surface area contributed by atoms with Crippen LogP contribution in [0.3, 0.4) is 0 Å². The monoisotopic (exact) mass is 351 g/mol. The number of aromatic nitrogens is 1. The van der Waals surface area contributed by atoms with Crippen LogP contribution < -0.4 is 10.6 Å². The number of amides is 2. The van der Waals surface area contributed by atoms with Gasteiger partial charge in [0.2, 0.25) is 0 Å². The number of benzene rings is 2. The van der Waals surface area contributed by atoms with Gasteiger partial charge in [-0.25, -0.2) is 0 Å². The third-order valence-electron chi connectivity index (χ3n) is 3.45. The molecule has 2 N–H and O–H groups in total.